The summed E-state index contributed by atoms with van der Waals surface area (Å²) in [6.07, 6.45) is 1.07. The molecule has 1 aromatic rings. The van der Waals surface area contributed by atoms with Crippen molar-refractivity contribution < 1.29 is 23.9 Å². The maximum atomic E-state index is 12.5. The van der Waals surface area contributed by atoms with Crippen LogP contribution >= 0.6 is 0 Å². The molecule has 0 unspecified atom stereocenters. The van der Waals surface area contributed by atoms with Gasteiger partial charge in [0.25, 0.3) is 0 Å². The Morgan fingerprint density at radius 1 is 1.17 bits per heavy atom. The highest BCUT2D eigenvalue weighted by Gasteiger charge is 2.24. The lowest BCUT2D eigenvalue weighted by molar-refractivity contribution is -0.131. The van der Waals surface area contributed by atoms with Gasteiger partial charge in [0.05, 0.1) is 13.5 Å². The number of carbonyl (C=O) groups excluding carboxylic acids is 3. The molecule has 1 aromatic carbocycles. The Hall–Kier alpha value is -2.77. The van der Waals surface area contributed by atoms with E-state index in [0.29, 0.717) is 32.4 Å². The molecule has 0 atom stereocenters. The lowest BCUT2D eigenvalue weighted by atomic mass is 10.0. The molecule has 0 bridgehead atoms. The molecule has 1 aliphatic rings. The zero-order chi connectivity index (χ0) is 21.4. The lowest BCUT2D eigenvalue weighted by Crippen LogP contribution is -2.49. The van der Waals surface area contributed by atoms with Gasteiger partial charge in [-0.15, -0.1) is 0 Å². The van der Waals surface area contributed by atoms with E-state index in [-0.39, 0.29) is 24.4 Å². The van der Waals surface area contributed by atoms with Crippen LogP contribution in [0.4, 0.5) is 4.79 Å². The van der Waals surface area contributed by atoms with Crippen LogP contribution in [0.5, 0.6) is 5.75 Å². The van der Waals surface area contributed by atoms with Crippen LogP contribution in [0.2, 0.25) is 0 Å². The smallest absolute Gasteiger partial charge is 0.408 e. The number of carbonyl (C=O) groups is 3. The van der Waals surface area contributed by atoms with Gasteiger partial charge in [0.1, 0.15) is 17.9 Å². The van der Waals surface area contributed by atoms with E-state index in [4.69, 9.17) is 9.47 Å². The Balaban J connectivity index is 1.70. The first-order valence-corrected chi connectivity index (χ1v) is 9.83. The first-order chi connectivity index (χ1) is 13.7. The SMILES string of the molecule is COc1cccc(CC(=O)N2CCC(NC(=O)CNC(=O)OC(C)(C)C)CC2)c1. The summed E-state index contributed by atoms with van der Waals surface area (Å²) < 4.78 is 10.3. The van der Waals surface area contributed by atoms with Crippen molar-refractivity contribution in [2.45, 2.75) is 51.7 Å². The molecule has 3 amide bonds. The number of rotatable bonds is 6. The van der Waals surface area contributed by atoms with Crippen LogP contribution in [0.15, 0.2) is 24.3 Å². The first kappa shape index (κ1) is 22.5. The standard InChI is InChI=1S/C21H31N3O5/c1-21(2,3)29-20(27)22-14-18(25)23-16-8-10-24(11-9-16)19(26)13-15-6-5-7-17(12-15)28-4/h5-7,12,16H,8-11,13-14H2,1-4H3,(H,22,27)(H,23,25). The van der Waals surface area contributed by atoms with E-state index in [9.17, 15) is 14.4 Å². The molecule has 160 valence electrons. The van der Waals surface area contributed by atoms with Crippen LogP contribution in [0, 0.1) is 0 Å². The second-order valence-electron chi connectivity index (χ2n) is 8.11. The van der Waals surface area contributed by atoms with Crippen molar-refractivity contribution in [3.05, 3.63) is 29.8 Å². The van der Waals surface area contributed by atoms with Crippen LogP contribution in [0.1, 0.15) is 39.2 Å². The Morgan fingerprint density at radius 3 is 2.48 bits per heavy atom. The predicted molar refractivity (Wildman–Crippen MR) is 109 cm³/mol. The average molecular weight is 405 g/mol. The number of methoxy groups -OCH3 is 1. The van der Waals surface area contributed by atoms with Gasteiger partial charge in [-0.25, -0.2) is 4.79 Å². The number of piperidine rings is 1. The number of hydrogen-bond donors (Lipinski definition) is 2. The number of ether oxygens (including phenoxy) is 2. The van der Waals surface area contributed by atoms with E-state index in [1.807, 2.05) is 29.2 Å². The highest BCUT2D eigenvalue weighted by molar-refractivity contribution is 5.82. The summed E-state index contributed by atoms with van der Waals surface area (Å²) in [5, 5.41) is 5.34. The molecule has 0 saturated carbocycles. The van der Waals surface area contributed by atoms with Gasteiger partial charge in [-0.3, -0.25) is 9.59 Å². The van der Waals surface area contributed by atoms with Gasteiger partial charge in [0.2, 0.25) is 11.8 Å². The molecule has 1 aliphatic heterocycles. The first-order valence-electron chi connectivity index (χ1n) is 9.83. The number of nitrogens with one attached hydrogen (secondary N) is 2. The van der Waals surface area contributed by atoms with E-state index < -0.39 is 11.7 Å². The monoisotopic (exact) mass is 405 g/mol. The van der Waals surface area contributed by atoms with Crippen LogP contribution in [-0.2, 0) is 20.7 Å². The van der Waals surface area contributed by atoms with Gasteiger partial charge in [-0.1, -0.05) is 12.1 Å². The molecule has 1 saturated heterocycles. The molecule has 0 radical (unpaired) electrons. The molecule has 8 nitrogen and oxygen atoms in total. The normalized spacial score (nSPS) is 14.8. The van der Waals surface area contributed by atoms with Crippen molar-refractivity contribution in [3.8, 4) is 5.75 Å². The van der Waals surface area contributed by atoms with Gasteiger partial charge < -0.3 is 25.0 Å². The summed E-state index contributed by atoms with van der Waals surface area (Å²) in [4.78, 5) is 38.0. The zero-order valence-electron chi connectivity index (χ0n) is 17.6. The van der Waals surface area contributed by atoms with Crippen LogP contribution in [-0.4, -0.2) is 61.2 Å². The van der Waals surface area contributed by atoms with E-state index in [0.717, 1.165) is 11.3 Å². The summed E-state index contributed by atoms with van der Waals surface area (Å²) >= 11 is 0. The molecule has 1 fully saturated rings. The van der Waals surface area contributed by atoms with Crippen molar-refractivity contribution in [3.63, 3.8) is 0 Å². The number of likely N-dealkylation sites (tertiary alicyclic amines) is 1. The Bertz CT molecular complexity index is 721. The minimum atomic E-state index is -0.620. The fraction of sp³-hybridized carbons (Fsp3) is 0.571. The summed E-state index contributed by atoms with van der Waals surface area (Å²) in [6, 6.07) is 7.48. The van der Waals surface area contributed by atoms with Crippen molar-refractivity contribution in [2.24, 2.45) is 0 Å². The summed E-state index contributed by atoms with van der Waals surface area (Å²) in [5.41, 5.74) is 0.308. The van der Waals surface area contributed by atoms with Gasteiger partial charge >= 0.3 is 6.09 Å². The third kappa shape index (κ3) is 8.01. The molecule has 0 aromatic heterocycles. The number of nitrogens with zero attached hydrogens (tertiary/aromatic N) is 1. The number of benzene rings is 1. The third-order valence-corrected chi connectivity index (χ3v) is 4.49. The van der Waals surface area contributed by atoms with Crippen LogP contribution in [0.25, 0.3) is 0 Å². The molecular formula is C21H31N3O5. The molecule has 2 N–H and O–H groups in total. The molecule has 0 spiro atoms. The van der Waals surface area contributed by atoms with E-state index >= 15 is 0 Å². The van der Waals surface area contributed by atoms with Gasteiger partial charge in [0, 0.05) is 19.1 Å². The minimum absolute atomic E-state index is 0.0104. The summed E-state index contributed by atoms with van der Waals surface area (Å²) in [5.74, 6) is 0.531. The third-order valence-electron chi connectivity index (χ3n) is 4.49. The molecule has 29 heavy (non-hydrogen) atoms. The topological polar surface area (TPSA) is 97.0 Å². The Labute approximate surface area is 171 Å². The van der Waals surface area contributed by atoms with E-state index in [2.05, 4.69) is 10.6 Å². The molecule has 2 rings (SSSR count). The molecule has 1 heterocycles. The lowest BCUT2D eigenvalue weighted by Gasteiger charge is -2.32. The van der Waals surface area contributed by atoms with Crippen molar-refractivity contribution in [1.29, 1.82) is 0 Å². The highest BCUT2D eigenvalue weighted by atomic mass is 16.6. The summed E-state index contributed by atoms with van der Waals surface area (Å²) in [7, 11) is 1.60. The quantitative estimate of drug-likeness (QED) is 0.753. The van der Waals surface area contributed by atoms with Crippen LogP contribution in [0.3, 0.4) is 0 Å². The van der Waals surface area contributed by atoms with E-state index in [1.165, 1.54) is 0 Å². The number of hydrogen-bond acceptors (Lipinski definition) is 5. The Kier molecular flexibility index (Phi) is 7.87. The average Bonchev–Trinajstić information content (AvgIpc) is 2.66. The largest absolute Gasteiger partial charge is 0.497 e. The Morgan fingerprint density at radius 2 is 1.86 bits per heavy atom. The molecular weight excluding hydrogens is 374 g/mol. The van der Waals surface area contributed by atoms with Crippen molar-refractivity contribution in [1.82, 2.24) is 15.5 Å². The van der Waals surface area contributed by atoms with Gasteiger partial charge in [-0.05, 0) is 51.3 Å². The fourth-order valence-electron chi connectivity index (χ4n) is 3.09. The van der Waals surface area contributed by atoms with Gasteiger partial charge in [-0.2, -0.15) is 0 Å². The van der Waals surface area contributed by atoms with Crippen molar-refractivity contribution in [2.75, 3.05) is 26.7 Å². The maximum absolute atomic E-state index is 12.5. The number of amides is 3. The predicted octanol–water partition coefficient (Wildman–Crippen LogP) is 1.87. The van der Waals surface area contributed by atoms with E-state index in [1.54, 1.807) is 27.9 Å². The van der Waals surface area contributed by atoms with Crippen LogP contribution < -0.4 is 15.4 Å². The summed E-state index contributed by atoms with van der Waals surface area (Å²) in [6.45, 7) is 6.33. The second kappa shape index (κ2) is 10.1. The zero-order valence-corrected chi connectivity index (χ0v) is 17.6. The van der Waals surface area contributed by atoms with Gasteiger partial charge in [0.15, 0.2) is 0 Å². The second-order valence-corrected chi connectivity index (χ2v) is 8.11. The maximum Gasteiger partial charge on any atom is 0.408 e. The highest BCUT2D eigenvalue weighted by Crippen LogP contribution is 2.16. The minimum Gasteiger partial charge on any atom is -0.497 e. The molecule has 0 aliphatic carbocycles. The molecule has 8 heteroatoms. The fourth-order valence-corrected chi connectivity index (χ4v) is 3.09. The van der Waals surface area contributed by atoms with Crippen molar-refractivity contribution >= 4 is 17.9 Å². The number of alkyl carbamates (subject to hydrolysis) is 1.